The normalized spacial score (nSPS) is 13.5. The van der Waals surface area contributed by atoms with Crippen molar-refractivity contribution in [3.63, 3.8) is 0 Å². The van der Waals surface area contributed by atoms with Crippen LogP contribution in [0.4, 0.5) is 34.1 Å². The minimum Gasteiger partial charge on any atom is -0.306 e. The van der Waals surface area contributed by atoms with E-state index in [-0.39, 0.29) is 5.41 Å². The number of hydrogen-bond acceptors (Lipinski definition) is 2. The molecule has 1 heterocycles. The van der Waals surface area contributed by atoms with Crippen LogP contribution in [0.15, 0.2) is 194 Å². The van der Waals surface area contributed by atoms with Gasteiger partial charge in [0, 0.05) is 27.9 Å². The maximum atomic E-state index is 2.53. The maximum absolute atomic E-state index is 2.53. The third kappa shape index (κ3) is 4.87. The van der Waals surface area contributed by atoms with Crippen LogP contribution in [0.2, 0.25) is 0 Å². The summed E-state index contributed by atoms with van der Waals surface area (Å²) >= 11 is 0. The fraction of sp³-hybridized carbons (Fsp3) is 0.0588. The van der Waals surface area contributed by atoms with E-state index in [9.17, 15) is 0 Å². The lowest BCUT2D eigenvalue weighted by Gasteiger charge is -2.43. The average Bonchev–Trinajstić information content (AvgIpc) is 3.46. The van der Waals surface area contributed by atoms with Gasteiger partial charge >= 0.3 is 0 Å². The highest BCUT2D eigenvalue weighted by Crippen LogP contribution is 2.64. The van der Waals surface area contributed by atoms with Crippen LogP contribution in [-0.4, -0.2) is 0 Å². The molecule has 0 amide bonds. The van der Waals surface area contributed by atoms with Gasteiger partial charge in [0.1, 0.15) is 0 Å². The topological polar surface area (TPSA) is 6.48 Å². The van der Waals surface area contributed by atoms with E-state index >= 15 is 0 Å². The van der Waals surface area contributed by atoms with Crippen molar-refractivity contribution in [3.05, 3.63) is 205 Å². The van der Waals surface area contributed by atoms with Crippen molar-refractivity contribution < 1.29 is 0 Å². The van der Waals surface area contributed by atoms with Crippen LogP contribution >= 0.6 is 0 Å². The molecule has 8 aromatic rings. The molecule has 0 aromatic heterocycles. The number of para-hydroxylation sites is 2. The lowest BCUT2D eigenvalue weighted by atomic mass is 9.80. The van der Waals surface area contributed by atoms with Gasteiger partial charge in [-0.1, -0.05) is 166 Å². The van der Waals surface area contributed by atoms with Crippen LogP contribution in [0.5, 0.6) is 0 Å². The van der Waals surface area contributed by atoms with Crippen LogP contribution in [0.1, 0.15) is 25.0 Å². The van der Waals surface area contributed by atoms with Crippen LogP contribution < -0.4 is 9.80 Å². The second-order valence-corrected chi connectivity index (χ2v) is 14.5. The number of nitrogens with zero attached hydrogens (tertiary/aromatic N) is 2. The van der Waals surface area contributed by atoms with Crippen LogP contribution in [-0.2, 0) is 5.41 Å². The Morgan fingerprint density at radius 3 is 1.42 bits per heavy atom. The van der Waals surface area contributed by atoms with Gasteiger partial charge in [-0.2, -0.15) is 0 Å². The Labute approximate surface area is 311 Å². The molecule has 252 valence electrons. The molecule has 0 fully saturated rings. The fourth-order valence-electron chi connectivity index (χ4n) is 8.69. The Bertz CT molecular complexity index is 2630. The Hall–Kier alpha value is -6.64. The molecule has 1 aliphatic heterocycles. The second kappa shape index (κ2) is 12.3. The van der Waals surface area contributed by atoms with E-state index in [0.29, 0.717) is 0 Å². The van der Waals surface area contributed by atoms with Gasteiger partial charge in [-0.05, 0) is 87.0 Å². The summed E-state index contributed by atoms with van der Waals surface area (Å²) in [4.78, 5) is 5.05. The lowest BCUT2D eigenvalue weighted by molar-refractivity contribution is 0.660. The first kappa shape index (κ1) is 31.1. The molecule has 0 saturated carbocycles. The molecule has 0 atom stereocenters. The van der Waals surface area contributed by atoms with Gasteiger partial charge in [-0.3, -0.25) is 0 Å². The number of benzene rings is 8. The summed E-state index contributed by atoms with van der Waals surface area (Å²) in [7, 11) is 0. The SMILES string of the molecule is CC1(C)c2ccccc2-c2c1cc(-c1ccccc1)c1c2N(c2ccccc2)c2ccc(-c3ccccc3-c3ccccc3)cc2N1c1ccccc1. The second-order valence-electron chi connectivity index (χ2n) is 14.5. The summed E-state index contributed by atoms with van der Waals surface area (Å²) < 4.78 is 0. The van der Waals surface area contributed by atoms with Crippen LogP contribution in [0.3, 0.4) is 0 Å². The van der Waals surface area contributed by atoms with Gasteiger partial charge in [0.05, 0.1) is 22.7 Å². The molecule has 0 unspecified atom stereocenters. The summed E-state index contributed by atoms with van der Waals surface area (Å²) in [6.07, 6.45) is 0. The van der Waals surface area contributed by atoms with Crippen molar-refractivity contribution in [3.8, 4) is 44.5 Å². The first-order valence-corrected chi connectivity index (χ1v) is 18.5. The molecule has 0 bridgehead atoms. The van der Waals surface area contributed by atoms with Crippen molar-refractivity contribution >= 4 is 34.1 Å². The van der Waals surface area contributed by atoms with Crippen molar-refractivity contribution in [1.29, 1.82) is 0 Å². The fourth-order valence-corrected chi connectivity index (χ4v) is 8.69. The van der Waals surface area contributed by atoms with E-state index < -0.39 is 0 Å². The Kier molecular flexibility index (Phi) is 7.19. The summed E-state index contributed by atoms with van der Waals surface area (Å²) in [6.45, 7) is 4.77. The number of anilines is 6. The van der Waals surface area contributed by atoms with E-state index in [1.54, 1.807) is 0 Å². The van der Waals surface area contributed by atoms with Gasteiger partial charge in [-0.25, -0.2) is 0 Å². The minimum atomic E-state index is -0.185. The molecule has 2 nitrogen and oxygen atoms in total. The first-order valence-electron chi connectivity index (χ1n) is 18.5. The van der Waals surface area contributed by atoms with Crippen LogP contribution in [0.25, 0.3) is 44.5 Å². The van der Waals surface area contributed by atoms with E-state index in [0.717, 1.165) is 22.7 Å². The molecule has 1 aliphatic carbocycles. The largest absolute Gasteiger partial charge is 0.306 e. The molecule has 0 saturated heterocycles. The highest BCUT2D eigenvalue weighted by atomic mass is 15.3. The number of rotatable bonds is 5. The van der Waals surface area contributed by atoms with Gasteiger partial charge in [0.2, 0.25) is 0 Å². The molecule has 0 radical (unpaired) electrons. The predicted molar refractivity (Wildman–Crippen MR) is 223 cm³/mol. The zero-order valence-corrected chi connectivity index (χ0v) is 29.9. The Balaban J connectivity index is 1.35. The molecule has 8 aromatic carbocycles. The van der Waals surface area contributed by atoms with Crippen molar-refractivity contribution in [2.45, 2.75) is 19.3 Å². The van der Waals surface area contributed by atoms with Crippen molar-refractivity contribution in [1.82, 2.24) is 0 Å². The lowest BCUT2D eigenvalue weighted by Crippen LogP contribution is -2.26. The van der Waals surface area contributed by atoms with E-state index in [2.05, 4.69) is 218 Å². The van der Waals surface area contributed by atoms with Crippen LogP contribution in [0, 0.1) is 0 Å². The van der Waals surface area contributed by atoms with Crippen molar-refractivity contribution in [2.75, 3.05) is 9.80 Å². The van der Waals surface area contributed by atoms with Gasteiger partial charge in [0.25, 0.3) is 0 Å². The van der Waals surface area contributed by atoms with E-state index in [1.807, 2.05) is 0 Å². The number of hydrogen-bond donors (Lipinski definition) is 0. The highest BCUT2D eigenvalue weighted by molar-refractivity contribution is 6.13. The first-order chi connectivity index (χ1) is 26.1. The van der Waals surface area contributed by atoms with Crippen molar-refractivity contribution in [2.24, 2.45) is 0 Å². The zero-order valence-electron chi connectivity index (χ0n) is 29.9. The summed E-state index contributed by atoms with van der Waals surface area (Å²) in [5.74, 6) is 0. The van der Waals surface area contributed by atoms with E-state index in [1.165, 1.54) is 67.0 Å². The molecular weight excluding hydrogens is 641 g/mol. The van der Waals surface area contributed by atoms with Gasteiger partial charge < -0.3 is 9.80 Å². The third-order valence-corrected chi connectivity index (χ3v) is 11.2. The quantitative estimate of drug-likeness (QED) is 0.179. The monoisotopic (exact) mass is 678 g/mol. The number of fused-ring (bicyclic) bond motifs is 6. The predicted octanol–water partition coefficient (Wildman–Crippen LogP) is 14.2. The molecule has 0 N–H and O–H groups in total. The molecular formula is C51H38N2. The molecule has 2 heteroatoms. The minimum absolute atomic E-state index is 0.185. The summed E-state index contributed by atoms with van der Waals surface area (Å²) in [5.41, 5.74) is 19.3. The van der Waals surface area contributed by atoms with E-state index in [4.69, 9.17) is 0 Å². The molecule has 0 spiro atoms. The standard InChI is InChI=1S/C51H38N2/c1-51(2)44-30-18-17-29-42(44)48-45(51)34-43(36-21-9-4-10-22-36)49-50(48)52(38-23-11-5-12-24-38)46-32-31-37(33-47(46)53(49)39-25-13-6-14-26-39)41-28-16-15-27-40(41)35-19-7-3-8-20-35/h3-34H,1-2H3. The maximum Gasteiger partial charge on any atom is 0.0791 e. The zero-order chi connectivity index (χ0) is 35.5. The molecule has 53 heavy (non-hydrogen) atoms. The summed E-state index contributed by atoms with van der Waals surface area (Å²) in [5, 5.41) is 0. The molecule has 10 rings (SSSR count). The van der Waals surface area contributed by atoms with Gasteiger partial charge in [0.15, 0.2) is 0 Å². The smallest absolute Gasteiger partial charge is 0.0791 e. The summed E-state index contributed by atoms with van der Waals surface area (Å²) in [6, 6.07) is 70.8. The molecule has 2 aliphatic rings. The average molecular weight is 679 g/mol. The third-order valence-electron chi connectivity index (χ3n) is 11.2. The Morgan fingerprint density at radius 1 is 0.340 bits per heavy atom. The highest BCUT2D eigenvalue weighted by Gasteiger charge is 2.43. The van der Waals surface area contributed by atoms with Gasteiger partial charge in [-0.15, -0.1) is 0 Å². The Morgan fingerprint density at radius 2 is 0.811 bits per heavy atom.